The van der Waals surface area contributed by atoms with Crippen LogP contribution in [0.4, 0.5) is 5.69 Å². The predicted molar refractivity (Wildman–Crippen MR) is 68.1 cm³/mol. The van der Waals surface area contributed by atoms with Crippen LogP contribution < -0.4 is 0 Å². The fraction of sp³-hybridized carbons (Fsp3) is 0. The molecule has 1 aliphatic carbocycles. The summed E-state index contributed by atoms with van der Waals surface area (Å²) in [6.45, 7) is 0. The molecule has 20 heavy (non-hydrogen) atoms. The zero-order valence-corrected chi connectivity index (χ0v) is 9.99. The van der Waals surface area contributed by atoms with Gasteiger partial charge in [0.2, 0.25) is 0 Å². The average Bonchev–Trinajstić information content (AvgIpc) is 2.44. The van der Waals surface area contributed by atoms with Crippen molar-refractivity contribution in [3.63, 3.8) is 0 Å². The van der Waals surface area contributed by atoms with Crippen LogP contribution in [0.2, 0.25) is 0 Å². The maximum Gasteiger partial charge on any atom is 0.273 e. The van der Waals surface area contributed by atoms with Gasteiger partial charge in [0.1, 0.15) is 5.75 Å². The molecule has 0 fully saturated rings. The molecule has 3 rings (SSSR count). The van der Waals surface area contributed by atoms with Gasteiger partial charge in [-0.15, -0.1) is 0 Å². The largest absolute Gasteiger partial charge is 0.507 e. The number of nitro benzene ring substituents is 1. The minimum absolute atomic E-state index is 0.139. The molecule has 0 aromatic heterocycles. The van der Waals surface area contributed by atoms with Crippen LogP contribution >= 0.6 is 0 Å². The van der Waals surface area contributed by atoms with Gasteiger partial charge in [-0.2, -0.15) is 0 Å². The highest BCUT2D eigenvalue weighted by molar-refractivity contribution is 6.29. The van der Waals surface area contributed by atoms with E-state index in [9.17, 15) is 24.8 Å². The first-order valence-corrected chi connectivity index (χ1v) is 5.70. The predicted octanol–water partition coefficient (Wildman–Crippen LogP) is 2.08. The Kier molecular flexibility index (Phi) is 2.40. The average molecular weight is 269 g/mol. The Balaban J connectivity index is 2.33. The number of nitrogens with zero attached hydrogens (tertiary/aromatic N) is 1. The molecule has 0 atom stereocenters. The zero-order chi connectivity index (χ0) is 14.4. The lowest BCUT2D eigenvalue weighted by Crippen LogP contribution is -2.21. The van der Waals surface area contributed by atoms with Crippen LogP contribution in [0.15, 0.2) is 36.4 Å². The summed E-state index contributed by atoms with van der Waals surface area (Å²) < 4.78 is 0. The summed E-state index contributed by atoms with van der Waals surface area (Å²) in [7, 11) is 0. The van der Waals surface area contributed by atoms with Crippen LogP contribution in [0, 0.1) is 10.1 Å². The van der Waals surface area contributed by atoms with Crippen molar-refractivity contribution in [3.05, 3.63) is 68.8 Å². The zero-order valence-electron chi connectivity index (χ0n) is 9.99. The smallest absolute Gasteiger partial charge is 0.273 e. The van der Waals surface area contributed by atoms with E-state index in [1.165, 1.54) is 12.1 Å². The van der Waals surface area contributed by atoms with Crippen molar-refractivity contribution in [3.8, 4) is 5.75 Å². The third kappa shape index (κ3) is 1.51. The van der Waals surface area contributed by atoms with Gasteiger partial charge in [0.15, 0.2) is 11.6 Å². The Morgan fingerprint density at radius 2 is 1.55 bits per heavy atom. The molecule has 0 heterocycles. The summed E-state index contributed by atoms with van der Waals surface area (Å²) >= 11 is 0. The van der Waals surface area contributed by atoms with Crippen molar-refractivity contribution in [1.82, 2.24) is 0 Å². The fourth-order valence-electron chi connectivity index (χ4n) is 2.29. The molecule has 1 N–H and O–H groups in total. The van der Waals surface area contributed by atoms with Crippen LogP contribution in [-0.2, 0) is 0 Å². The highest BCUT2D eigenvalue weighted by atomic mass is 16.6. The van der Waals surface area contributed by atoms with E-state index in [1.54, 1.807) is 12.1 Å². The van der Waals surface area contributed by atoms with Gasteiger partial charge >= 0.3 is 0 Å². The number of fused-ring (bicyclic) bond motifs is 2. The number of non-ortho nitro benzene ring substituents is 1. The third-order valence-corrected chi connectivity index (χ3v) is 3.20. The van der Waals surface area contributed by atoms with E-state index < -0.39 is 27.9 Å². The monoisotopic (exact) mass is 269 g/mol. The lowest BCUT2D eigenvalue weighted by Gasteiger charge is -2.17. The van der Waals surface area contributed by atoms with Gasteiger partial charge in [-0.05, 0) is 0 Å². The lowest BCUT2D eigenvalue weighted by molar-refractivity contribution is -0.385. The van der Waals surface area contributed by atoms with Crippen LogP contribution in [-0.4, -0.2) is 21.6 Å². The maximum atomic E-state index is 12.3. The molecule has 6 heteroatoms. The highest BCUT2D eigenvalue weighted by Crippen LogP contribution is 2.35. The molecule has 6 nitrogen and oxygen atoms in total. The molecule has 0 bridgehead atoms. The summed E-state index contributed by atoms with van der Waals surface area (Å²) in [6, 6.07) is 8.07. The van der Waals surface area contributed by atoms with Gasteiger partial charge in [0.05, 0.1) is 16.6 Å². The second-order valence-electron chi connectivity index (χ2n) is 4.35. The molecule has 2 aromatic carbocycles. The van der Waals surface area contributed by atoms with Gasteiger partial charge in [-0.3, -0.25) is 19.7 Å². The highest BCUT2D eigenvalue weighted by Gasteiger charge is 2.33. The number of carbonyl (C=O) groups excluding carboxylic acids is 2. The minimum Gasteiger partial charge on any atom is -0.507 e. The first-order valence-electron chi connectivity index (χ1n) is 5.70. The molecular formula is C14H7NO5. The number of benzene rings is 2. The number of hydrogen-bond acceptors (Lipinski definition) is 5. The summed E-state index contributed by atoms with van der Waals surface area (Å²) in [5.41, 5.74) is -0.375. The number of carbonyl (C=O) groups is 2. The van der Waals surface area contributed by atoms with E-state index in [2.05, 4.69) is 0 Å². The van der Waals surface area contributed by atoms with Crippen LogP contribution in [0.25, 0.3) is 0 Å². The molecule has 0 saturated heterocycles. The summed E-state index contributed by atoms with van der Waals surface area (Å²) in [5.74, 6) is -1.57. The van der Waals surface area contributed by atoms with Gasteiger partial charge in [-0.1, -0.05) is 24.3 Å². The fourth-order valence-corrected chi connectivity index (χ4v) is 2.29. The van der Waals surface area contributed by atoms with Crippen LogP contribution in [0.3, 0.4) is 0 Å². The molecule has 98 valence electrons. The van der Waals surface area contributed by atoms with E-state index in [-0.39, 0.29) is 22.3 Å². The number of aromatic hydroxyl groups is 1. The molecule has 0 radical (unpaired) electrons. The van der Waals surface area contributed by atoms with Crippen molar-refractivity contribution < 1.29 is 19.6 Å². The van der Waals surface area contributed by atoms with Crippen molar-refractivity contribution >= 4 is 17.3 Å². The number of rotatable bonds is 1. The van der Waals surface area contributed by atoms with Gasteiger partial charge < -0.3 is 5.11 Å². The quantitative estimate of drug-likeness (QED) is 0.538. The second-order valence-corrected chi connectivity index (χ2v) is 4.35. The van der Waals surface area contributed by atoms with Crippen molar-refractivity contribution in [2.75, 3.05) is 0 Å². The molecule has 0 saturated carbocycles. The van der Waals surface area contributed by atoms with Crippen molar-refractivity contribution in [1.29, 1.82) is 0 Å². The Morgan fingerprint density at radius 1 is 0.950 bits per heavy atom. The topological polar surface area (TPSA) is 97.5 Å². The van der Waals surface area contributed by atoms with Crippen molar-refractivity contribution in [2.24, 2.45) is 0 Å². The van der Waals surface area contributed by atoms with Gasteiger partial charge in [-0.25, -0.2) is 0 Å². The lowest BCUT2D eigenvalue weighted by atomic mass is 9.83. The summed E-state index contributed by atoms with van der Waals surface area (Å²) in [5, 5.41) is 20.6. The first-order chi connectivity index (χ1) is 9.50. The van der Waals surface area contributed by atoms with E-state index in [4.69, 9.17) is 0 Å². The van der Waals surface area contributed by atoms with E-state index >= 15 is 0 Å². The third-order valence-electron chi connectivity index (χ3n) is 3.20. The second kappa shape index (κ2) is 3.99. The minimum atomic E-state index is -0.724. The van der Waals surface area contributed by atoms with E-state index in [0.29, 0.717) is 0 Å². The SMILES string of the molecule is O=C1c2ccccc2C(=O)c2c(O)cc([N+](=O)[O-])cc21. The number of phenolic OH excluding ortho intramolecular Hbond substituents is 1. The Morgan fingerprint density at radius 3 is 2.15 bits per heavy atom. The Labute approximate surface area is 112 Å². The first kappa shape index (κ1) is 12.0. The van der Waals surface area contributed by atoms with Crippen LogP contribution in [0.5, 0.6) is 5.75 Å². The van der Waals surface area contributed by atoms with Gasteiger partial charge in [0.25, 0.3) is 5.69 Å². The number of ketones is 2. The summed E-state index contributed by atoms with van der Waals surface area (Å²) in [4.78, 5) is 34.6. The standard InChI is InChI=1S/C14H7NO5/c16-11-6-7(15(19)20)5-10-12(11)14(18)9-4-2-1-3-8(9)13(10)17/h1-6,16H. The molecule has 0 unspecified atom stereocenters. The summed E-state index contributed by atoms with van der Waals surface area (Å²) in [6.07, 6.45) is 0. The maximum absolute atomic E-state index is 12.3. The normalized spacial score (nSPS) is 12.8. The Hall–Kier alpha value is -3.02. The molecular weight excluding hydrogens is 262 g/mol. The number of nitro groups is 1. The molecule has 2 aromatic rings. The molecule has 0 amide bonds. The number of phenols is 1. The van der Waals surface area contributed by atoms with E-state index in [1.807, 2.05) is 0 Å². The van der Waals surface area contributed by atoms with Gasteiger partial charge in [0, 0.05) is 22.8 Å². The Bertz CT molecular complexity index is 794. The molecule has 1 aliphatic rings. The molecule has 0 aliphatic heterocycles. The number of hydrogen-bond donors (Lipinski definition) is 1. The van der Waals surface area contributed by atoms with E-state index in [0.717, 1.165) is 12.1 Å². The van der Waals surface area contributed by atoms with Crippen molar-refractivity contribution in [2.45, 2.75) is 0 Å². The van der Waals surface area contributed by atoms with Crippen LogP contribution in [0.1, 0.15) is 31.8 Å². The molecule has 0 spiro atoms.